The maximum Gasteiger partial charge on any atom is 0.308 e. The van der Waals surface area contributed by atoms with E-state index in [0.717, 1.165) is 5.01 Å². The summed E-state index contributed by atoms with van der Waals surface area (Å²) in [5.41, 5.74) is -0.120. The van der Waals surface area contributed by atoms with Crippen LogP contribution in [0.15, 0.2) is 0 Å². The van der Waals surface area contributed by atoms with Crippen LogP contribution >= 0.6 is 11.3 Å². The van der Waals surface area contributed by atoms with E-state index in [1.807, 2.05) is 20.8 Å². The third-order valence-electron chi connectivity index (χ3n) is 2.76. The lowest BCUT2D eigenvalue weighted by atomic mass is 9.98. The standard InChI is InChI=1S/C11H15N3O3S/c1-11(2,3)9-12-13-10(18-9)14-5-6(8(16)17)4-7(14)15/h6H,4-5H2,1-3H3,(H,16,17). The van der Waals surface area contributed by atoms with Crippen LogP contribution in [0.4, 0.5) is 5.13 Å². The Hall–Kier alpha value is -1.50. The van der Waals surface area contributed by atoms with Crippen LogP contribution in [0, 0.1) is 5.92 Å². The smallest absolute Gasteiger partial charge is 0.308 e. The average molecular weight is 269 g/mol. The molecule has 1 aromatic rings. The number of anilines is 1. The lowest BCUT2D eigenvalue weighted by Crippen LogP contribution is -2.25. The Morgan fingerprint density at radius 3 is 2.56 bits per heavy atom. The molecule has 1 saturated heterocycles. The topological polar surface area (TPSA) is 83.4 Å². The zero-order valence-corrected chi connectivity index (χ0v) is 11.3. The summed E-state index contributed by atoms with van der Waals surface area (Å²) in [5.74, 6) is -1.77. The Balaban J connectivity index is 2.20. The first-order valence-corrected chi connectivity index (χ1v) is 6.48. The van der Waals surface area contributed by atoms with Crippen molar-refractivity contribution in [3.63, 3.8) is 0 Å². The number of carbonyl (C=O) groups excluding carboxylic acids is 1. The molecule has 0 radical (unpaired) electrons. The number of nitrogens with zero attached hydrogens (tertiary/aromatic N) is 3. The van der Waals surface area contributed by atoms with Gasteiger partial charge in [0.1, 0.15) is 5.01 Å². The number of carboxylic acids is 1. The maximum atomic E-state index is 11.8. The van der Waals surface area contributed by atoms with Crippen LogP contribution in [0.25, 0.3) is 0 Å². The van der Waals surface area contributed by atoms with Crippen molar-refractivity contribution in [1.82, 2.24) is 10.2 Å². The minimum atomic E-state index is -0.939. The molecule has 18 heavy (non-hydrogen) atoms. The monoisotopic (exact) mass is 269 g/mol. The fourth-order valence-electron chi connectivity index (χ4n) is 1.69. The number of rotatable bonds is 2. The Labute approximate surface area is 109 Å². The molecule has 0 aliphatic carbocycles. The molecule has 0 saturated carbocycles. The van der Waals surface area contributed by atoms with E-state index in [4.69, 9.17) is 5.11 Å². The van der Waals surface area contributed by atoms with E-state index in [1.165, 1.54) is 16.2 Å². The van der Waals surface area contributed by atoms with Crippen molar-refractivity contribution in [3.05, 3.63) is 5.01 Å². The predicted octanol–water partition coefficient (Wildman–Crippen LogP) is 1.27. The highest BCUT2D eigenvalue weighted by atomic mass is 32.1. The van der Waals surface area contributed by atoms with Crippen LogP contribution in [-0.4, -0.2) is 33.7 Å². The van der Waals surface area contributed by atoms with Crippen molar-refractivity contribution >= 4 is 28.3 Å². The first kappa shape index (κ1) is 12.9. The Morgan fingerprint density at radius 1 is 1.44 bits per heavy atom. The average Bonchev–Trinajstić information content (AvgIpc) is 2.81. The van der Waals surface area contributed by atoms with Crippen molar-refractivity contribution in [1.29, 1.82) is 0 Å². The van der Waals surface area contributed by atoms with E-state index >= 15 is 0 Å². The van der Waals surface area contributed by atoms with Crippen LogP contribution in [-0.2, 0) is 15.0 Å². The molecule has 1 N–H and O–H groups in total. The van der Waals surface area contributed by atoms with Crippen molar-refractivity contribution < 1.29 is 14.7 Å². The molecule has 1 atom stereocenters. The molecule has 2 rings (SSSR count). The van der Waals surface area contributed by atoms with Gasteiger partial charge in [-0.2, -0.15) is 0 Å². The van der Waals surface area contributed by atoms with Gasteiger partial charge < -0.3 is 5.11 Å². The van der Waals surface area contributed by atoms with Gasteiger partial charge in [0.2, 0.25) is 11.0 Å². The molecular formula is C11H15N3O3S. The fourth-order valence-corrected chi connectivity index (χ4v) is 2.61. The van der Waals surface area contributed by atoms with Crippen molar-refractivity contribution in [3.8, 4) is 0 Å². The van der Waals surface area contributed by atoms with Gasteiger partial charge >= 0.3 is 5.97 Å². The highest BCUT2D eigenvalue weighted by Crippen LogP contribution is 2.32. The van der Waals surface area contributed by atoms with Crippen molar-refractivity contribution in [2.45, 2.75) is 32.6 Å². The second-order valence-electron chi connectivity index (χ2n) is 5.38. The molecule has 6 nitrogen and oxygen atoms in total. The van der Waals surface area contributed by atoms with Crippen LogP contribution < -0.4 is 4.90 Å². The molecule has 0 bridgehead atoms. The Bertz CT molecular complexity index is 492. The molecule has 98 valence electrons. The summed E-state index contributed by atoms with van der Waals surface area (Å²) < 4.78 is 0. The van der Waals surface area contributed by atoms with Crippen LogP contribution in [0.3, 0.4) is 0 Å². The number of carboxylic acid groups (broad SMARTS) is 1. The van der Waals surface area contributed by atoms with E-state index < -0.39 is 11.9 Å². The quantitative estimate of drug-likeness (QED) is 0.874. The molecule has 1 aliphatic heterocycles. The van der Waals surface area contributed by atoms with Gasteiger partial charge in [0, 0.05) is 18.4 Å². The number of amides is 1. The predicted molar refractivity (Wildman–Crippen MR) is 66.7 cm³/mol. The first-order valence-electron chi connectivity index (χ1n) is 5.66. The van der Waals surface area contributed by atoms with E-state index in [9.17, 15) is 9.59 Å². The summed E-state index contributed by atoms with van der Waals surface area (Å²) in [7, 11) is 0. The highest BCUT2D eigenvalue weighted by molar-refractivity contribution is 7.15. The highest BCUT2D eigenvalue weighted by Gasteiger charge is 2.37. The van der Waals surface area contributed by atoms with E-state index in [-0.39, 0.29) is 24.3 Å². The molecule has 1 amide bonds. The number of hydrogen-bond donors (Lipinski definition) is 1. The van der Waals surface area contributed by atoms with E-state index in [0.29, 0.717) is 5.13 Å². The molecule has 2 heterocycles. The molecule has 1 fully saturated rings. The zero-order chi connectivity index (χ0) is 13.5. The summed E-state index contributed by atoms with van der Waals surface area (Å²) >= 11 is 1.34. The normalized spacial score (nSPS) is 20.5. The fraction of sp³-hybridized carbons (Fsp3) is 0.636. The molecule has 1 aromatic heterocycles. The zero-order valence-electron chi connectivity index (χ0n) is 10.5. The van der Waals surface area contributed by atoms with Gasteiger partial charge in [0.05, 0.1) is 5.92 Å². The SMILES string of the molecule is CC(C)(C)c1nnc(N2CC(C(=O)O)CC2=O)s1. The molecule has 1 unspecified atom stereocenters. The molecule has 1 aliphatic rings. The number of aliphatic carboxylic acids is 1. The van der Waals surface area contributed by atoms with Gasteiger partial charge in [-0.3, -0.25) is 14.5 Å². The number of carbonyl (C=O) groups is 2. The first-order chi connectivity index (χ1) is 8.29. The minimum Gasteiger partial charge on any atom is -0.481 e. The summed E-state index contributed by atoms with van der Waals surface area (Å²) in [4.78, 5) is 24.0. The van der Waals surface area contributed by atoms with Gasteiger partial charge in [-0.25, -0.2) is 0 Å². The molecule has 7 heteroatoms. The van der Waals surface area contributed by atoms with Gasteiger partial charge in [0.15, 0.2) is 0 Å². The van der Waals surface area contributed by atoms with Crippen LogP contribution in [0.2, 0.25) is 0 Å². The van der Waals surface area contributed by atoms with Crippen molar-refractivity contribution in [2.75, 3.05) is 11.4 Å². The molecular weight excluding hydrogens is 254 g/mol. The third-order valence-corrected chi connectivity index (χ3v) is 4.13. The lowest BCUT2D eigenvalue weighted by Gasteiger charge is -2.13. The van der Waals surface area contributed by atoms with Crippen molar-refractivity contribution in [2.24, 2.45) is 5.92 Å². The largest absolute Gasteiger partial charge is 0.481 e. The molecule has 0 aromatic carbocycles. The van der Waals surface area contributed by atoms with E-state index in [2.05, 4.69) is 10.2 Å². The molecule has 0 spiro atoms. The van der Waals surface area contributed by atoms with E-state index in [1.54, 1.807) is 0 Å². The second-order valence-corrected chi connectivity index (χ2v) is 6.34. The number of hydrogen-bond acceptors (Lipinski definition) is 5. The van der Waals surface area contributed by atoms with Gasteiger partial charge in [-0.1, -0.05) is 32.1 Å². The summed E-state index contributed by atoms with van der Waals surface area (Å²) in [5, 5.41) is 18.3. The van der Waals surface area contributed by atoms with Gasteiger partial charge in [-0.15, -0.1) is 10.2 Å². The summed E-state index contributed by atoms with van der Waals surface area (Å²) in [6.45, 7) is 6.24. The maximum absolute atomic E-state index is 11.8. The second kappa shape index (κ2) is 4.31. The van der Waals surface area contributed by atoms with Gasteiger partial charge in [0.25, 0.3) is 0 Å². The lowest BCUT2D eigenvalue weighted by molar-refractivity contribution is -0.141. The minimum absolute atomic E-state index is 0.0414. The van der Waals surface area contributed by atoms with Gasteiger partial charge in [-0.05, 0) is 0 Å². The Kier molecular flexibility index (Phi) is 3.10. The van der Waals surface area contributed by atoms with Crippen LogP contribution in [0.5, 0.6) is 0 Å². The number of aromatic nitrogens is 2. The van der Waals surface area contributed by atoms with Crippen LogP contribution in [0.1, 0.15) is 32.2 Å². The third kappa shape index (κ3) is 2.35. The Morgan fingerprint density at radius 2 is 2.11 bits per heavy atom. The summed E-state index contributed by atoms with van der Waals surface area (Å²) in [6.07, 6.45) is 0.0414. The summed E-state index contributed by atoms with van der Waals surface area (Å²) in [6, 6.07) is 0.